The molecule has 0 saturated heterocycles. The first kappa shape index (κ1) is 15.9. The largest absolute Gasteiger partial charge is 0.399 e. The van der Waals surface area contributed by atoms with Gasteiger partial charge >= 0.3 is 0 Å². The number of hydrogen-bond acceptors (Lipinski definition) is 5. The summed E-state index contributed by atoms with van der Waals surface area (Å²) in [5.41, 5.74) is 5.65. The summed E-state index contributed by atoms with van der Waals surface area (Å²) in [6, 6.07) is 3.96. The fourth-order valence-electron chi connectivity index (χ4n) is 1.83. The van der Waals surface area contributed by atoms with Crippen molar-refractivity contribution in [1.29, 1.82) is 0 Å². The second kappa shape index (κ2) is 7.44. The first-order valence-corrected chi connectivity index (χ1v) is 6.37. The predicted molar refractivity (Wildman–Crippen MR) is 75.4 cm³/mol. The number of nitrogen functional groups attached to an aromatic ring is 1. The van der Waals surface area contributed by atoms with Gasteiger partial charge in [0.05, 0.1) is 4.92 Å². The Balaban J connectivity index is 2.80. The normalized spacial score (nSPS) is 10.3. The number of aliphatic hydroxyl groups is 1. The molecule has 0 spiro atoms. The minimum atomic E-state index is -0.591. The number of hydrogen-bond donors (Lipinski definition) is 2. The lowest BCUT2D eigenvalue weighted by Gasteiger charge is -2.17. The van der Waals surface area contributed by atoms with E-state index in [1.54, 1.807) is 7.05 Å². The highest BCUT2D eigenvalue weighted by molar-refractivity contribution is 5.98. The van der Waals surface area contributed by atoms with Crippen LogP contribution in [0, 0.1) is 10.1 Å². The lowest BCUT2D eigenvalue weighted by Crippen LogP contribution is -2.28. The van der Waals surface area contributed by atoms with E-state index in [1.165, 1.54) is 23.1 Å². The summed E-state index contributed by atoms with van der Waals surface area (Å²) >= 11 is 0. The van der Waals surface area contributed by atoms with Crippen molar-refractivity contribution in [3.63, 3.8) is 0 Å². The molecule has 1 aromatic carbocycles. The van der Waals surface area contributed by atoms with Crippen LogP contribution in [0.2, 0.25) is 0 Å². The SMILES string of the molecule is CN(CCCCCO)C(=O)c1cc(N)ccc1[N+](=O)[O-]. The molecule has 0 unspecified atom stereocenters. The Morgan fingerprint density at radius 1 is 1.40 bits per heavy atom. The second-order valence-electron chi connectivity index (χ2n) is 4.54. The molecule has 7 heteroatoms. The molecule has 20 heavy (non-hydrogen) atoms. The van der Waals surface area contributed by atoms with Crippen LogP contribution in [0.3, 0.4) is 0 Å². The van der Waals surface area contributed by atoms with E-state index in [0.717, 1.165) is 12.8 Å². The highest BCUT2D eigenvalue weighted by Gasteiger charge is 2.22. The summed E-state index contributed by atoms with van der Waals surface area (Å²) < 4.78 is 0. The number of amides is 1. The van der Waals surface area contributed by atoms with Crippen LogP contribution in [-0.2, 0) is 0 Å². The van der Waals surface area contributed by atoms with Gasteiger partial charge in [-0.1, -0.05) is 0 Å². The van der Waals surface area contributed by atoms with E-state index in [1.807, 2.05) is 0 Å². The van der Waals surface area contributed by atoms with Crippen LogP contribution in [0.1, 0.15) is 29.6 Å². The summed E-state index contributed by atoms with van der Waals surface area (Å²) in [5.74, 6) is -0.423. The molecule has 0 radical (unpaired) electrons. The average Bonchev–Trinajstić information content (AvgIpc) is 2.42. The molecular formula is C13H19N3O4. The molecule has 1 rings (SSSR count). The van der Waals surface area contributed by atoms with E-state index in [2.05, 4.69) is 0 Å². The summed E-state index contributed by atoms with van der Waals surface area (Å²) in [4.78, 5) is 24.0. The van der Waals surface area contributed by atoms with Crippen molar-refractivity contribution >= 4 is 17.3 Å². The Hall–Kier alpha value is -2.15. The number of carbonyl (C=O) groups excluding carboxylic acids is 1. The van der Waals surface area contributed by atoms with E-state index >= 15 is 0 Å². The van der Waals surface area contributed by atoms with Gasteiger partial charge in [0, 0.05) is 32.0 Å². The molecule has 0 heterocycles. The van der Waals surface area contributed by atoms with Gasteiger partial charge in [-0.2, -0.15) is 0 Å². The minimum absolute atomic E-state index is 0.000316. The fourth-order valence-corrected chi connectivity index (χ4v) is 1.83. The molecule has 0 aromatic heterocycles. The Labute approximate surface area is 117 Å². The molecule has 0 aliphatic carbocycles. The molecule has 0 aliphatic heterocycles. The number of rotatable bonds is 7. The Morgan fingerprint density at radius 2 is 2.10 bits per heavy atom. The van der Waals surface area contributed by atoms with Gasteiger partial charge in [-0.3, -0.25) is 14.9 Å². The number of carbonyl (C=O) groups is 1. The van der Waals surface area contributed by atoms with Crippen molar-refractivity contribution < 1.29 is 14.8 Å². The van der Waals surface area contributed by atoms with Crippen molar-refractivity contribution in [2.75, 3.05) is 25.9 Å². The number of nitrogens with zero attached hydrogens (tertiary/aromatic N) is 2. The number of nitrogens with two attached hydrogens (primary N) is 1. The van der Waals surface area contributed by atoms with Crippen molar-refractivity contribution in [1.82, 2.24) is 4.90 Å². The van der Waals surface area contributed by atoms with Gasteiger partial charge in [-0.15, -0.1) is 0 Å². The zero-order chi connectivity index (χ0) is 15.1. The molecule has 0 bridgehead atoms. The second-order valence-corrected chi connectivity index (χ2v) is 4.54. The van der Waals surface area contributed by atoms with Crippen LogP contribution < -0.4 is 5.73 Å². The van der Waals surface area contributed by atoms with Crippen LogP contribution in [0.15, 0.2) is 18.2 Å². The van der Waals surface area contributed by atoms with Crippen LogP contribution in [0.5, 0.6) is 0 Å². The van der Waals surface area contributed by atoms with Gasteiger partial charge in [0.25, 0.3) is 11.6 Å². The molecule has 110 valence electrons. The van der Waals surface area contributed by atoms with E-state index in [9.17, 15) is 14.9 Å². The molecular weight excluding hydrogens is 262 g/mol. The quantitative estimate of drug-likeness (QED) is 0.340. The van der Waals surface area contributed by atoms with Crippen molar-refractivity contribution in [2.24, 2.45) is 0 Å². The minimum Gasteiger partial charge on any atom is -0.399 e. The van der Waals surface area contributed by atoms with Gasteiger partial charge in [-0.05, 0) is 31.4 Å². The third kappa shape index (κ3) is 4.20. The number of benzene rings is 1. The maximum atomic E-state index is 12.2. The molecule has 0 atom stereocenters. The highest BCUT2D eigenvalue weighted by Crippen LogP contribution is 2.22. The van der Waals surface area contributed by atoms with E-state index < -0.39 is 10.8 Å². The average molecular weight is 281 g/mol. The Kier molecular flexibility index (Phi) is 5.92. The fraction of sp³-hybridized carbons (Fsp3) is 0.462. The lowest BCUT2D eigenvalue weighted by molar-refractivity contribution is -0.385. The zero-order valence-electron chi connectivity index (χ0n) is 11.4. The third-order valence-electron chi connectivity index (χ3n) is 2.95. The van der Waals surface area contributed by atoms with E-state index in [4.69, 9.17) is 10.8 Å². The first-order chi connectivity index (χ1) is 9.47. The number of unbranched alkanes of at least 4 members (excludes halogenated alkanes) is 2. The maximum Gasteiger partial charge on any atom is 0.282 e. The maximum absolute atomic E-state index is 12.2. The molecule has 7 nitrogen and oxygen atoms in total. The Morgan fingerprint density at radius 3 is 2.70 bits per heavy atom. The first-order valence-electron chi connectivity index (χ1n) is 6.37. The van der Waals surface area contributed by atoms with Crippen LogP contribution >= 0.6 is 0 Å². The van der Waals surface area contributed by atoms with Gasteiger partial charge in [0.2, 0.25) is 0 Å². The number of nitro benzene ring substituents is 1. The summed E-state index contributed by atoms with van der Waals surface area (Å²) in [6.45, 7) is 0.600. The molecule has 0 saturated carbocycles. The van der Waals surface area contributed by atoms with Gasteiger partial charge in [0.1, 0.15) is 5.56 Å². The third-order valence-corrected chi connectivity index (χ3v) is 2.95. The van der Waals surface area contributed by atoms with Crippen LogP contribution in [0.4, 0.5) is 11.4 Å². The number of anilines is 1. The van der Waals surface area contributed by atoms with Gasteiger partial charge in [-0.25, -0.2) is 0 Å². The monoisotopic (exact) mass is 281 g/mol. The summed E-state index contributed by atoms with van der Waals surface area (Å²) in [6.07, 6.45) is 2.21. The smallest absolute Gasteiger partial charge is 0.282 e. The van der Waals surface area contributed by atoms with Crippen molar-refractivity contribution in [3.05, 3.63) is 33.9 Å². The van der Waals surface area contributed by atoms with E-state index in [0.29, 0.717) is 18.7 Å². The molecule has 0 fully saturated rings. The lowest BCUT2D eigenvalue weighted by atomic mass is 10.1. The number of nitro groups is 1. The zero-order valence-corrected chi connectivity index (χ0v) is 11.4. The van der Waals surface area contributed by atoms with Gasteiger partial charge < -0.3 is 15.7 Å². The molecule has 1 amide bonds. The van der Waals surface area contributed by atoms with Crippen LogP contribution in [-0.4, -0.2) is 41.0 Å². The van der Waals surface area contributed by atoms with E-state index in [-0.39, 0.29) is 17.9 Å². The van der Waals surface area contributed by atoms with Crippen molar-refractivity contribution in [2.45, 2.75) is 19.3 Å². The van der Waals surface area contributed by atoms with Crippen molar-refractivity contribution in [3.8, 4) is 0 Å². The van der Waals surface area contributed by atoms with Gasteiger partial charge in [0.15, 0.2) is 0 Å². The predicted octanol–water partition coefficient (Wildman–Crippen LogP) is 1.41. The summed E-state index contributed by atoms with van der Waals surface area (Å²) in [5, 5.41) is 19.6. The number of aliphatic hydroxyl groups excluding tert-OH is 1. The highest BCUT2D eigenvalue weighted by atomic mass is 16.6. The molecule has 0 aliphatic rings. The molecule has 1 aromatic rings. The topological polar surface area (TPSA) is 110 Å². The summed E-state index contributed by atoms with van der Waals surface area (Å²) in [7, 11) is 1.59. The Bertz CT molecular complexity index is 491. The molecule has 3 N–H and O–H groups in total. The standard InChI is InChI=1S/C13H19N3O4/c1-15(7-3-2-4-8-17)13(18)11-9-10(14)5-6-12(11)16(19)20/h5-6,9,17H,2-4,7-8,14H2,1H3. The van der Waals surface area contributed by atoms with Crippen LogP contribution in [0.25, 0.3) is 0 Å².